The van der Waals surface area contributed by atoms with Crippen LogP contribution in [0.1, 0.15) is 6.92 Å². The SMILES string of the molecule is CCOCC1COCCOCCOCCOCCOCCO1. The van der Waals surface area contributed by atoms with E-state index in [-0.39, 0.29) is 6.10 Å². The second kappa shape index (κ2) is 15.6. The molecule has 1 rings (SSSR count). The van der Waals surface area contributed by atoms with E-state index in [0.717, 1.165) is 0 Å². The van der Waals surface area contributed by atoms with E-state index in [2.05, 4.69) is 0 Å². The van der Waals surface area contributed by atoms with Crippen molar-refractivity contribution in [3.63, 3.8) is 0 Å². The lowest BCUT2D eigenvalue weighted by Gasteiger charge is -2.18. The van der Waals surface area contributed by atoms with Gasteiger partial charge in [-0.25, -0.2) is 0 Å². The average Bonchev–Trinajstić information content (AvgIpc) is 2.53. The molecule has 0 aromatic rings. The van der Waals surface area contributed by atoms with E-state index in [1.807, 2.05) is 6.92 Å². The molecule has 1 fully saturated rings. The predicted octanol–water partition coefficient (Wildman–Crippen LogP) is 0.505. The fourth-order valence-electron chi connectivity index (χ4n) is 1.76. The van der Waals surface area contributed by atoms with Crippen molar-refractivity contribution < 1.29 is 33.2 Å². The predicted molar refractivity (Wildman–Crippen MR) is 80.3 cm³/mol. The molecule has 0 spiro atoms. The lowest BCUT2D eigenvalue weighted by Crippen LogP contribution is -2.28. The van der Waals surface area contributed by atoms with Gasteiger partial charge in [-0.05, 0) is 6.92 Å². The van der Waals surface area contributed by atoms with E-state index >= 15 is 0 Å². The maximum atomic E-state index is 5.71. The first-order valence-electron chi connectivity index (χ1n) is 8.01. The molecule has 0 bridgehead atoms. The van der Waals surface area contributed by atoms with Crippen molar-refractivity contribution >= 4 is 0 Å². The molecule has 1 heterocycles. The van der Waals surface area contributed by atoms with Gasteiger partial charge in [0, 0.05) is 6.61 Å². The van der Waals surface area contributed by atoms with Gasteiger partial charge in [0.2, 0.25) is 0 Å². The van der Waals surface area contributed by atoms with Crippen molar-refractivity contribution in [3.8, 4) is 0 Å². The molecule has 0 aromatic carbocycles. The lowest BCUT2D eigenvalue weighted by atomic mass is 10.4. The van der Waals surface area contributed by atoms with E-state index < -0.39 is 0 Å². The van der Waals surface area contributed by atoms with Gasteiger partial charge < -0.3 is 33.2 Å². The molecule has 7 heteroatoms. The van der Waals surface area contributed by atoms with Gasteiger partial charge in [-0.1, -0.05) is 0 Å². The van der Waals surface area contributed by atoms with E-state index in [9.17, 15) is 0 Å². The maximum Gasteiger partial charge on any atom is 0.104 e. The highest BCUT2D eigenvalue weighted by atomic mass is 16.6. The molecule has 1 unspecified atom stereocenters. The molecule has 1 aliphatic rings. The molecule has 132 valence electrons. The summed E-state index contributed by atoms with van der Waals surface area (Å²) in [5, 5.41) is 0. The zero-order valence-corrected chi connectivity index (χ0v) is 13.6. The zero-order valence-electron chi connectivity index (χ0n) is 13.6. The number of hydrogen-bond acceptors (Lipinski definition) is 7. The topological polar surface area (TPSA) is 64.6 Å². The summed E-state index contributed by atoms with van der Waals surface area (Å²) in [6.45, 7) is 9.14. The van der Waals surface area contributed by atoms with E-state index in [0.29, 0.717) is 85.9 Å². The fraction of sp³-hybridized carbons (Fsp3) is 1.00. The minimum absolute atomic E-state index is 0.0815. The monoisotopic (exact) mass is 322 g/mol. The van der Waals surface area contributed by atoms with Gasteiger partial charge >= 0.3 is 0 Å². The van der Waals surface area contributed by atoms with Crippen LogP contribution in [0.2, 0.25) is 0 Å². The van der Waals surface area contributed by atoms with Crippen molar-refractivity contribution in [2.24, 2.45) is 0 Å². The molecule has 0 aromatic heterocycles. The summed E-state index contributed by atoms with van der Waals surface area (Å²) in [6, 6.07) is 0. The van der Waals surface area contributed by atoms with Crippen LogP contribution in [0.15, 0.2) is 0 Å². The van der Waals surface area contributed by atoms with E-state index in [1.54, 1.807) is 0 Å². The molecular weight excluding hydrogens is 292 g/mol. The Balaban J connectivity index is 2.20. The van der Waals surface area contributed by atoms with Crippen molar-refractivity contribution in [2.75, 3.05) is 85.9 Å². The first kappa shape index (κ1) is 19.8. The molecule has 7 nitrogen and oxygen atoms in total. The summed E-state index contributed by atoms with van der Waals surface area (Å²) >= 11 is 0. The van der Waals surface area contributed by atoms with Gasteiger partial charge in [-0.3, -0.25) is 0 Å². The molecule has 1 atom stereocenters. The highest BCUT2D eigenvalue weighted by Gasteiger charge is 2.09. The Morgan fingerprint density at radius 1 is 0.682 bits per heavy atom. The average molecular weight is 322 g/mol. The Morgan fingerprint density at radius 2 is 1.14 bits per heavy atom. The Labute approximate surface area is 133 Å². The Morgan fingerprint density at radius 3 is 1.64 bits per heavy atom. The van der Waals surface area contributed by atoms with Gasteiger partial charge in [0.05, 0.1) is 79.3 Å². The van der Waals surface area contributed by atoms with Crippen LogP contribution < -0.4 is 0 Å². The first-order chi connectivity index (χ1) is 10.9. The highest BCUT2D eigenvalue weighted by Crippen LogP contribution is 1.97. The normalized spacial score (nSPS) is 25.2. The Bertz CT molecular complexity index is 210. The van der Waals surface area contributed by atoms with Crippen LogP contribution in [-0.4, -0.2) is 92.0 Å². The molecule has 0 saturated carbocycles. The van der Waals surface area contributed by atoms with Crippen LogP contribution in [0.5, 0.6) is 0 Å². The van der Waals surface area contributed by atoms with Gasteiger partial charge in [0.25, 0.3) is 0 Å². The van der Waals surface area contributed by atoms with E-state index in [4.69, 9.17) is 33.2 Å². The molecule has 0 N–H and O–H groups in total. The quantitative estimate of drug-likeness (QED) is 0.750. The summed E-state index contributed by atoms with van der Waals surface area (Å²) in [5.74, 6) is 0. The molecule has 0 amide bonds. The molecular formula is C15H30O7. The van der Waals surface area contributed by atoms with Crippen LogP contribution in [0.4, 0.5) is 0 Å². The van der Waals surface area contributed by atoms with E-state index in [1.165, 1.54) is 0 Å². The zero-order chi connectivity index (χ0) is 15.7. The highest BCUT2D eigenvalue weighted by molar-refractivity contribution is 4.55. The van der Waals surface area contributed by atoms with Crippen molar-refractivity contribution in [2.45, 2.75) is 13.0 Å². The molecule has 1 saturated heterocycles. The first-order valence-corrected chi connectivity index (χ1v) is 8.01. The van der Waals surface area contributed by atoms with Crippen LogP contribution in [-0.2, 0) is 33.2 Å². The summed E-state index contributed by atoms with van der Waals surface area (Å²) in [7, 11) is 0. The smallest absolute Gasteiger partial charge is 0.104 e. The second-order valence-corrected chi connectivity index (χ2v) is 4.68. The lowest BCUT2D eigenvalue weighted by molar-refractivity contribution is -0.0833. The Hall–Kier alpha value is -0.280. The second-order valence-electron chi connectivity index (χ2n) is 4.68. The molecule has 1 aliphatic heterocycles. The number of rotatable bonds is 3. The summed E-state index contributed by atoms with van der Waals surface area (Å²) in [5.41, 5.74) is 0. The number of ether oxygens (including phenoxy) is 7. The standard InChI is InChI=1S/C15H30O7/c1-2-16-13-15-14-21-10-9-19-6-5-17-3-4-18-7-8-20-11-12-22-15/h15H,2-14H2,1H3. The maximum absolute atomic E-state index is 5.71. The summed E-state index contributed by atoms with van der Waals surface area (Å²) < 4.78 is 38.3. The number of hydrogen-bond donors (Lipinski definition) is 0. The fourth-order valence-corrected chi connectivity index (χ4v) is 1.76. The minimum atomic E-state index is -0.0815. The van der Waals surface area contributed by atoms with Crippen molar-refractivity contribution in [3.05, 3.63) is 0 Å². The largest absolute Gasteiger partial charge is 0.379 e. The van der Waals surface area contributed by atoms with Gasteiger partial charge in [-0.15, -0.1) is 0 Å². The summed E-state index contributed by atoms with van der Waals surface area (Å²) in [4.78, 5) is 0. The van der Waals surface area contributed by atoms with Gasteiger partial charge in [-0.2, -0.15) is 0 Å². The minimum Gasteiger partial charge on any atom is -0.379 e. The molecule has 22 heavy (non-hydrogen) atoms. The van der Waals surface area contributed by atoms with Gasteiger partial charge in [0.1, 0.15) is 6.10 Å². The van der Waals surface area contributed by atoms with Crippen LogP contribution in [0.3, 0.4) is 0 Å². The van der Waals surface area contributed by atoms with Crippen LogP contribution in [0.25, 0.3) is 0 Å². The molecule has 0 radical (unpaired) electrons. The van der Waals surface area contributed by atoms with Crippen molar-refractivity contribution in [1.29, 1.82) is 0 Å². The van der Waals surface area contributed by atoms with Crippen LogP contribution in [0, 0.1) is 0 Å². The van der Waals surface area contributed by atoms with Gasteiger partial charge in [0.15, 0.2) is 0 Å². The third-order valence-electron chi connectivity index (χ3n) is 2.88. The third-order valence-corrected chi connectivity index (χ3v) is 2.88. The Kier molecular flexibility index (Phi) is 14.0. The van der Waals surface area contributed by atoms with Crippen LogP contribution >= 0.6 is 0 Å². The summed E-state index contributed by atoms with van der Waals surface area (Å²) in [6.07, 6.45) is -0.0815. The van der Waals surface area contributed by atoms with Crippen molar-refractivity contribution in [1.82, 2.24) is 0 Å². The third kappa shape index (κ3) is 12.3. The molecule has 0 aliphatic carbocycles.